The van der Waals surface area contributed by atoms with Crippen LogP contribution in [0.4, 0.5) is 5.82 Å². The van der Waals surface area contributed by atoms with Crippen LogP contribution in [0, 0.1) is 0 Å². The van der Waals surface area contributed by atoms with Crippen LogP contribution in [0.1, 0.15) is 41.4 Å². The molecule has 100 valence electrons. The van der Waals surface area contributed by atoms with E-state index in [1.807, 2.05) is 0 Å². The monoisotopic (exact) mass is 275 g/mol. The highest BCUT2D eigenvalue weighted by Gasteiger charge is 2.24. The fourth-order valence-electron chi connectivity index (χ4n) is 3.17. The summed E-state index contributed by atoms with van der Waals surface area (Å²) in [6.07, 6.45) is 5.75. The molecule has 5 heteroatoms. The van der Waals surface area contributed by atoms with Gasteiger partial charge in [0.15, 0.2) is 0 Å². The van der Waals surface area contributed by atoms with E-state index in [-0.39, 0.29) is 0 Å². The van der Waals surface area contributed by atoms with Crippen LogP contribution in [0.15, 0.2) is 0 Å². The standard InChI is InChI=1S/C14H17N3OS/c15-12-11-9-4-1-5-10(9)19-14(11)17-13(16-12)8-3-2-6-18-7-8/h8H,1-7H2,(H2,15,16,17). The number of aryl methyl sites for hydroxylation is 2. The maximum atomic E-state index is 6.20. The number of thiophene rings is 1. The average molecular weight is 275 g/mol. The number of rotatable bonds is 1. The van der Waals surface area contributed by atoms with E-state index in [0.717, 1.165) is 48.5 Å². The highest BCUT2D eigenvalue weighted by Crippen LogP contribution is 2.39. The Morgan fingerprint density at radius 2 is 2.16 bits per heavy atom. The van der Waals surface area contributed by atoms with Gasteiger partial charge in [0, 0.05) is 17.4 Å². The Balaban J connectivity index is 1.82. The van der Waals surface area contributed by atoms with Crippen molar-refractivity contribution in [1.82, 2.24) is 9.97 Å². The number of aromatic nitrogens is 2. The van der Waals surface area contributed by atoms with Crippen LogP contribution < -0.4 is 5.73 Å². The molecule has 1 unspecified atom stereocenters. The molecule has 2 aromatic heterocycles. The summed E-state index contributed by atoms with van der Waals surface area (Å²) >= 11 is 1.81. The summed E-state index contributed by atoms with van der Waals surface area (Å²) in [6, 6.07) is 0. The normalized spacial score (nSPS) is 22.8. The molecular weight excluding hydrogens is 258 g/mol. The van der Waals surface area contributed by atoms with Gasteiger partial charge in [-0.15, -0.1) is 11.3 Å². The van der Waals surface area contributed by atoms with Crippen LogP contribution in [0.2, 0.25) is 0 Å². The van der Waals surface area contributed by atoms with Crippen LogP contribution >= 0.6 is 11.3 Å². The minimum Gasteiger partial charge on any atom is -0.383 e. The molecule has 19 heavy (non-hydrogen) atoms. The summed E-state index contributed by atoms with van der Waals surface area (Å²) < 4.78 is 5.53. The Bertz CT molecular complexity index is 631. The zero-order chi connectivity index (χ0) is 12.8. The molecule has 2 N–H and O–H groups in total. The molecule has 4 nitrogen and oxygen atoms in total. The third kappa shape index (κ3) is 1.83. The first kappa shape index (κ1) is 11.6. The van der Waals surface area contributed by atoms with Gasteiger partial charge in [-0.25, -0.2) is 9.97 Å². The molecule has 0 aromatic carbocycles. The lowest BCUT2D eigenvalue weighted by Gasteiger charge is -2.20. The average Bonchev–Trinajstić information content (AvgIpc) is 2.99. The first-order valence-corrected chi connectivity index (χ1v) is 7.80. The third-order valence-electron chi connectivity index (χ3n) is 4.14. The Morgan fingerprint density at radius 3 is 3.00 bits per heavy atom. The lowest BCUT2D eigenvalue weighted by Crippen LogP contribution is -2.18. The second kappa shape index (κ2) is 4.42. The smallest absolute Gasteiger partial charge is 0.137 e. The molecule has 1 fully saturated rings. The first-order chi connectivity index (χ1) is 9.33. The van der Waals surface area contributed by atoms with E-state index in [1.165, 1.54) is 23.3 Å². The van der Waals surface area contributed by atoms with Gasteiger partial charge in [-0.05, 0) is 37.7 Å². The largest absolute Gasteiger partial charge is 0.383 e. The fourth-order valence-corrected chi connectivity index (χ4v) is 4.44. The Labute approximate surface area is 116 Å². The highest BCUT2D eigenvalue weighted by molar-refractivity contribution is 7.19. The van der Waals surface area contributed by atoms with Crippen molar-refractivity contribution in [3.8, 4) is 0 Å². The molecule has 4 rings (SSSR count). The minimum atomic E-state index is 0.317. The first-order valence-electron chi connectivity index (χ1n) is 6.98. The van der Waals surface area contributed by atoms with Gasteiger partial charge in [0.05, 0.1) is 12.0 Å². The predicted molar refractivity (Wildman–Crippen MR) is 76.6 cm³/mol. The number of fused-ring (bicyclic) bond motifs is 3. The molecule has 0 amide bonds. The van der Waals surface area contributed by atoms with E-state index < -0.39 is 0 Å². The third-order valence-corrected chi connectivity index (χ3v) is 5.32. The van der Waals surface area contributed by atoms with Gasteiger partial charge < -0.3 is 10.5 Å². The topological polar surface area (TPSA) is 61.0 Å². The SMILES string of the molecule is Nc1nc(C2CCCOC2)nc2sc3c(c12)CCC3. The van der Waals surface area contributed by atoms with E-state index in [0.29, 0.717) is 11.7 Å². The Morgan fingerprint density at radius 1 is 1.21 bits per heavy atom. The van der Waals surface area contributed by atoms with Gasteiger partial charge in [-0.1, -0.05) is 0 Å². The minimum absolute atomic E-state index is 0.317. The van der Waals surface area contributed by atoms with Gasteiger partial charge in [0.2, 0.25) is 0 Å². The lowest BCUT2D eigenvalue weighted by molar-refractivity contribution is 0.0782. The van der Waals surface area contributed by atoms with Crippen LogP contribution in [0.5, 0.6) is 0 Å². The Hall–Kier alpha value is -1.20. The van der Waals surface area contributed by atoms with Crippen molar-refractivity contribution in [3.05, 3.63) is 16.3 Å². The number of nitrogen functional groups attached to an aromatic ring is 1. The molecule has 0 bridgehead atoms. The van der Waals surface area contributed by atoms with Gasteiger partial charge in [0.25, 0.3) is 0 Å². The molecule has 1 aliphatic carbocycles. The van der Waals surface area contributed by atoms with Crippen molar-refractivity contribution in [2.75, 3.05) is 18.9 Å². The number of hydrogen-bond donors (Lipinski definition) is 1. The summed E-state index contributed by atoms with van der Waals surface area (Å²) in [6.45, 7) is 1.59. The van der Waals surface area contributed by atoms with E-state index in [1.54, 1.807) is 11.3 Å². The predicted octanol–water partition coefficient (Wildman–Crippen LogP) is 2.66. The van der Waals surface area contributed by atoms with Gasteiger partial charge in [-0.3, -0.25) is 0 Å². The number of anilines is 1. The molecule has 3 heterocycles. The molecule has 1 atom stereocenters. The molecule has 2 aromatic rings. The van der Waals surface area contributed by atoms with Crippen molar-refractivity contribution in [1.29, 1.82) is 0 Å². The number of nitrogens with zero attached hydrogens (tertiary/aromatic N) is 2. The zero-order valence-corrected chi connectivity index (χ0v) is 11.6. The van der Waals surface area contributed by atoms with Crippen LogP contribution in [0.3, 0.4) is 0 Å². The lowest BCUT2D eigenvalue weighted by atomic mass is 10.0. The van der Waals surface area contributed by atoms with Crippen molar-refractivity contribution in [2.24, 2.45) is 0 Å². The van der Waals surface area contributed by atoms with Crippen LogP contribution in [-0.2, 0) is 17.6 Å². The highest BCUT2D eigenvalue weighted by atomic mass is 32.1. The van der Waals surface area contributed by atoms with Gasteiger partial charge in [-0.2, -0.15) is 0 Å². The number of hydrogen-bond acceptors (Lipinski definition) is 5. The molecule has 1 saturated heterocycles. The van der Waals surface area contributed by atoms with E-state index in [2.05, 4.69) is 4.98 Å². The maximum Gasteiger partial charge on any atom is 0.137 e. The molecule has 0 radical (unpaired) electrons. The van der Waals surface area contributed by atoms with Crippen LogP contribution in [-0.4, -0.2) is 23.2 Å². The summed E-state index contributed by atoms with van der Waals surface area (Å²) in [7, 11) is 0. The molecule has 2 aliphatic rings. The van der Waals surface area contributed by atoms with Crippen molar-refractivity contribution >= 4 is 27.4 Å². The van der Waals surface area contributed by atoms with E-state index in [4.69, 9.17) is 15.5 Å². The van der Waals surface area contributed by atoms with Crippen LogP contribution in [0.25, 0.3) is 10.2 Å². The summed E-state index contributed by atoms with van der Waals surface area (Å²) in [5, 5.41) is 1.12. The Kier molecular flexibility index (Phi) is 2.70. The second-order valence-corrected chi connectivity index (χ2v) is 6.50. The van der Waals surface area contributed by atoms with Crippen molar-refractivity contribution < 1.29 is 4.74 Å². The van der Waals surface area contributed by atoms with Crippen molar-refractivity contribution in [3.63, 3.8) is 0 Å². The fraction of sp³-hybridized carbons (Fsp3) is 0.571. The second-order valence-electron chi connectivity index (χ2n) is 5.42. The molecular formula is C14H17N3OS. The molecule has 0 saturated carbocycles. The molecule has 0 spiro atoms. The van der Waals surface area contributed by atoms with Gasteiger partial charge >= 0.3 is 0 Å². The maximum absolute atomic E-state index is 6.20. The molecule has 1 aliphatic heterocycles. The van der Waals surface area contributed by atoms with Gasteiger partial charge in [0.1, 0.15) is 16.5 Å². The van der Waals surface area contributed by atoms with E-state index in [9.17, 15) is 0 Å². The number of nitrogens with two attached hydrogens (primary N) is 1. The summed E-state index contributed by atoms with van der Waals surface area (Å²) in [5.74, 6) is 1.87. The zero-order valence-electron chi connectivity index (χ0n) is 10.8. The summed E-state index contributed by atoms with van der Waals surface area (Å²) in [5.41, 5.74) is 7.60. The number of ether oxygens (including phenoxy) is 1. The van der Waals surface area contributed by atoms with E-state index >= 15 is 0 Å². The van der Waals surface area contributed by atoms with Crippen molar-refractivity contribution in [2.45, 2.75) is 38.0 Å². The summed E-state index contributed by atoms with van der Waals surface area (Å²) in [4.78, 5) is 11.9. The quantitative estimate of drug-likeness (QED) is 0.869.